The lowest BCUT2D eigenvalue weighted by Gasteiger charge is -2.08. The van der Waals surface area contributed by atoms with Crippen LogP contribution >= 0.6 is 11.3 Å². The average Bonchev–Trinajstić information content (AvgIpc) is 3.13. The second-order valence-electron chi connectivity index (χ2n) is 6.93. The monoisotopic (exact) mass is 439 g/mol. The van der Waals surface area contributed by atoms with Crippen LogP contribution in [0.5, 0.6) is 11.5 Å². The predicted molar refractivity (Wildman–Crippen MR) is 122 cm³/mol. The van der Waals surface area contributed by atoms with E-state index in [1.165, 1.54) is 0 Å². The molecule has 0 unspecified atom stereocenters. The number of nitrogens with zero attached hydrogens (tertiary/aromatic N) is 1. The van der Waals surface area contributed by atoms with Crippen LogP contribution in [0, 0.1) is 13.8 Å². The molecule has 2 amide bonds. The molecule has 0 fully saturated rings. The van der Waals surface area contributed by atoms with Gasteiger partial charge in [-0.3, -0.25) is 9.59 Å². The number of ether oxygens (including phenoxy) is 2. The Morgan fingerprint density at radius 1 is 1.00 bits per heavy atom. The van der Waals surface area contributed by atoms with Crippen molar-refractivity contribution in [2.24, 2.45) is 0 Å². The minimum atomic E-state index is -0.683. The highest BCUT2D eigenvalue weighted by Crippen LogP contribution is 2.35. The van der Waals surface area contributed by atoms with E-state index < -0.39 is 11.8 Å². The first-order valence-corrected chi connectivity index (χ1v) is 10.6. The van der Waals surface area contributed by atoms with Crippen molar-refractivity contribution in [1.29, 1.82) is 0 Å². The molecule has 7 nitrogen and oxygen atoms in total. The summed E-state index contributed by atoms with van der Waals surface area (Å²) in [6.45, 7) is 4.19. The summed E-state index contributed by atoms with van der Waals surface area (Å²) in [5.41, 5.74) is 3.42. The molecular weight excluding hydrogens is 414 g/mol. The van der Waals surface area contributed by atoms with E-state index in [-0.39, 0.29) is 0 Å². The molecule has 31 heavy (non-hydrogen) atoms. The van der Waals surface area contributed by atoms with E-state index in [1.54, 1.807) is 31.6 Å². The van der Waals surface area contributed by atoms with Crippen LogP contribution in [0.15, 0.2) is 42.5 Å². The highest BCUT2D eigenvalue weighted by Gasteiger charge is 2.15. The smallest absolute Gasteiger partial charge is 0.313 e. The number of amides is 2. The lowest BCUT2D eigenvalue weighted by Crippen LogP contribution is -2.36. The van der Waals surface area contributed by atoms with Crippen LogP contribution in [0.25, 0.3) is 10.6 Å². The van der Waals surface area contributed by atoms with Crippen molar-refractivity contribution >= 4 is 28.8 Å². The topological polar surface area (TPSA) is 89.5 Å². The zero-order chi connectivity index (χ0) is 22.4. The Labute approximate surface area is 185 Å². The fraction of sp³-hybridized carbons (Fsp3) is 0.261. The first-order chi connectivity index (χ1) is 14.9. The van der Waals surface area contributed by atoms with Crippen molar-refractivity contribution in [1.82, 2.24) is 10.3 Å². The van der Waals surface area contributed by atoms with Crippen LogP contribution in [-0.4, -0.2) is 37.6 Å². The van der Waals surface area contributed by atoms with Crippen LogP contribution in [0.2, 0.25) is 0 Å². The van der Waals surface area contributed by atoms with Crippen molar-refractivity contribution in [3.63, 3.8) is 0 Å². The SMILES string of the molecule is COc1ccc(-c2nc(C)c(CCNC(=O)C(=O)Nc3cccc(C)c3)s2)cc1OC. The van der Waals surface area contributed by atoms with E-state index >= 15 is 0 Å². The first kappa shape index (κ1) is 22.3. The number of hydrogen-bond acceptors (Lipinski definition) is 6. The number of anilines is 1. The van der Waals surface area contributed by atoms with Gasteiger partial charge in [0.15, 0.2) is 11.5 Å². The number of aromatic nitrogens is 1. The third-order valence-electron chi connectivity index (χ3n) is 4.64. The van der Waals surface area contributed by atoms with Gasteiger partial charge in [-0.2, -0.15) is 0 Å². The van der Waals surface area contributed by atoms with Gasteiger partial charge in [0, 0.05) is 29.1 Å². The summed E-state index contributed by atoms with van der Waals surface area (Å²) in [7, 11) is 3.19. The van der Waals surface area contributed by atoms with E-state index in [0.29, 0.717) is 30.2 Å². The molecule has 0 bridgehead atoms. The van der Waals surface area contributed by atoms with Crippen molar-refractivity contribution in [2.45, 2.75) is 20.3 Å². The van der Waals surface area contributed by atoms with Crippen molar-refractivity contribution in [2.75, 3.05) is 26.1 Å². The van der Waals surface area contributed by atoms with Crippen LogP contribution in [0.4, 0.5) is 5.69 Å². The second kappa shape index (κ2) is 10.1. The molecule has 0 saturated heterocycles. The summed E-state index contributed by atoms with van der Waals surface area (Å²) >= 11 is 1.55. The lowest BCUT2D eigenvalue weighted by molar-refractivity contribution is -0.136. The summed E-state index contributed by atoms with van der Waals surface area (Å²) < 4.78 is 10.6. The molecule has 3 aromatic rings. The molecule has 3 rings (SSSR count). The van der Waals surface area contributed by atoms with E-state index in [2.05, 4.69) is 15.6 Å². The maximum atomic E-state index is 12.1. The molecule has 0 aliphatic carbocycles. The number of benzene rings is 2. The van der Waals surface area contributed by atoms with Gasteiger partial charge < -0.3 is 20.1 Å². The van der Waals surface area contributed by atoms with Gasteiger partial charge in [-0.25, -0.2) is 4.98 Å². The number of carbonyl (C=O) groups is 2. The van der Waals surface area contributed by atoms with E-state index in [1.807, 2.05) is 50.2 Å². The normalized spacial score (nSPS) is 10.5. The van der Waals surface area contributed by atoms with Crippen LogP contribution in [0.3, 0.4) is 0 Å². The molecule has 8 heteroatoms. The van der Waals surface area contributed by atoms with Gasteiger partial charge in [0.25, 0.3) is 0 Å². The van der Waals surface area contributed by atoms with E-state index in [0.717, 1.165) is 26.7 Å². The number of carbonyl (C=O) groups excluding carboxylic acids is 2. The van der Waals surface area contributed by atoms with Gasteiger partial charge in [-0.05, 0) is 49.7 Å². The quantitative estimate of drug-likeness (QED) is 0.548. The second-order valence-corrected chi connectivity index (χ2v) is 8.01. The summed E-state index contributed by atoms with van der Waals surface area (Å²) in [5.74, 6) is -0.0471. The molecule has 0 aliphatic rings. The molecule has 2 N–H and O–H groups in total. The maximum Gasteiger partial charge on any atom is 0.313 e. The fourth-order valence-corrected chi connectivity index (χ4v) is 4.09. The van der Waals surface area contributed by atoms with Gasteiger partial charge in [0.1, 0.15) is 5.01 Å². The number of aryl methyl sites for hydroxylation is 2. The van der Waals surface area contributed by atoms with Gasteiger partial charge in [-0.1, -0.05) is 12.1 Å². The minimum absolute atomic E-state index is 0.342. The zero-order valence-corrected chi connectivity index (χ0v) is 18.8. The van der Waals surface area contributed by atoms with Crippen LogP contribution < -0.4 is 20.1 Å². The summed E-state index contributed by atoms with van der Waals surface area (Å²) in [5, 5.41) is 6.13. The molecule has 1 heterocycles. The van der Waals surface area contributed by atoms with Gasteiger partial charge in [0.2, 0.25) is 0 Å². The summed E-state index contributed by atoms with van der Waals surface area (Å²) in [6.07, 6.45) is 0.584. The highest BCUT2D eigenvalue weighted by atomic mass is 32.1. The predicted octanol–water partition coefficient (Wildman–Crippen LogP) is 3.74. The van der Waals surface area contributed by atoms with Gasteiger partial charge >= 0.3 is 11.8 Å². The zero-order valence-electron chi connectivity index (χ0n) is 17.9. The van der Waals surface area contributed by atoms with Gasteiger partial charge in [0.05, 0.1) is 19.9 Å². The third kappa shape index (κ3) is 5.61. The molecule has 162 valence electrons. The number of hydrogen-bond donors (Lipinski definition) is 2. The van der Waals surface area contributed by atoms with Gasteiger partial charge in [-0.15, -0.1) is 11.3 Å². The largest absolute Gasteiger partial charge is 0.493 e. The highest BCUT2D eigenvalue weighted by molar-refractivity contribution is 7.15. The summed E-state index contributed by atoms with van der Waals surface area (Å²) in [4.78, 5) is 29.9. The molecule has 2 aromatic carbocycles. The molecule has 0 atom stereocenters. The number of methoxy groups -OCH3 is 2. The van der Waals surface area contributed by atoms with E-state index in [4.69, 9.17) is 9.47 Å². The molecule has 0 radical (unpaired) electrons. The maximum absolute atomic E-state index is 12.1. The first-order valence-electron chi connectivity index (χ1n) is 9.75. The third-order valence-corrected chi connectivity index (χ3v) is 5.91. The minimum Gasteiger partial charge on any atom is -0.493 e. The Morgan fingerprint density at radius 3 is 2.48 bits per heavy atom. The van der Waals surface area contributed by atoms with Crippen LogP contribution in [-0.2, 0) is 16.0 Å². The Kier molecular flexibility index (Phi) is 7.25. The number of thiazole rings is 1. The van der Waals surface area contributed by atoms with Crippen molar-refractivity contribution in [3.05, 3.63) is 58.6 Å². The molecule has 1 aromatic heterocycles. The average molecular weight is 440 g/mol. The van der Waals surface area contributed by atoms with Crippen molar-refractivity contribution < 1.29 is 19.1 Å². The molecular formula is C23H25N3O4S. The molecule has 0 spiro atoms. The summed E-state index contributed by atoms with van der Waals surface area (Å²) in [6, 6.07) is 13.0. The Hall–Kier alpha value is -3.39. The number of nitrogens with one attached hydrogen (secondary N) is 2. The molecule has 0 aliphatic heterocycles. The Balaban J connectivity index is 1.58. The van der Waals surface area contributed by atoms with E-state index in [9.17, 15) is 9.59 Å². The number of rotatable bonds is 7. The Bertz CT molecular complexity index is 1090. The van der Waals surface area contributed by atoms with Crippen LogP contribution in [0.1, 0.15) is 16.1 Å². The Morgan fingerprint density at radius 2 is 1.77 bits per heavy atom. The fourth-order valence-electron chi connectivity index (χ4n) is 3.03. The molecule has 0 saturated carbocycles. The van der Waals surface area contributed by atoms with Crippen molar-refractivity contribution in [3.8, 4) is 22.1 Å². The standard InChI is InChI=1S/C23H25N3O4S/c1-14-6-5-7-17(12-14)26-22(28)21(27)24-11-10-20-15(2)25-23(31-20)16-8-9-18(29-3)19(13-16)30-4/h5-9,12-13H,10-11H2,1-4H3,(H,24,27)(H,26,28). The lowest BCUT2D eigenvalue weighted by atomic mass is 10.2.